The normalized spacial score (nSPS) is 32.0. The minimum absolute atomic E-state index is 0.0564. The van der Waals surface area contributed by atoms with Crippen LogP contribution in [-0.2, 0) is 25.6 Å². The fourth-order valence-electron chi connectivity index (χ4n) is 7.19. The monoisotopic (exact) mass is 636 g/mol. The number of likely N-dealkylation sites (tertiary alicyclic amines) is 1. The van der Waals surface area contributed by atoms with Gasteiger partial charge < -0.3 is 9.84 Å². The summed E-state index contributed by atoms with van der Waals surface area (Å²) >= 11 is 14.1. The molecular weight excluding hydrogens is 612 g/mol. The second kappa shape index (κ2) is 9.72. The molecule has 3 fully saturated rings. The third-order valence-corrected chi connectivity index (χ3v) is 10.6. The quantitative estimate of drug-likeness (QED) is 0.286. The topological polar surface area (TPSA) is 104 Å². The van der Waals surface area contributed by atoms with Gasteiger partial charge >= 0.3 is 6.36 Å². The molecule has 2 aromatic rings. The van der Waals surface area contributed by atoms with Gasteiger partial charge in [-0.3, -0.25) is 29.0 Å². The number of imide groups is 2. The van der Waals surface area contributed by atoms with Gasteiger partial charge in [0.15, 0.2) is 9.75 Å². The van der Waals surface area contributed by atoms with Crippen LogP contribution in [0, 0.1) is 17.8 Å². The predicted molar refractivity (Wildman–Crippen MR) is 149 cm³/mol. The van der Waals surface area contributed by atoms with E-state index in [0.717, 1.165) is 40.0 Å². The molecule has 226 valence electrons. The van der Waals surface area contributed by atoms with E-state index >= 15 is 0 Å². The number of hydrogen-bond acceptors (Lipinski definition) is 6. The number of aromatic hydroxyl groups is 1. The zero-order chi connectivity index (χ0) is 31.2. The highest BCUT2D eigenvalue weighted by molar-refractivity contribution is 6.53. The van der Waals surface area contributed by atoms with Gasteiger partial charge in [-0.1, -0.05) is 30.7 Å². The van der Waals surface area contributed by atoms with Crippen LogP contribution in [0.15, 0.2) is 54.1 Å². The van der Waals surface area contributed by atoms with Crippen LogP contribution in [0.1, 0.15) is 36.8 Å². The average Bonchev–Trinajstić information content (AvgIpc) is 3.28. The molecule has 0 aromatic heterocycles. The molecule has 0 spiro atoms. The van der Waals surface area contributed by atoms with Crippen molar-refractivity contribution in [3.05, 3.63) is 65.2 Å². The van der Waals surface area contributed by atoms with Gasteiger partial charge in [-0.25, -0.2) is 0 Å². The van der Waals surface area contributed by atoms with Crippen molar-refractivity contribution in [3.63, 3.8) is 0 Å². The van der Waals surface area contributed by atoms with Gasteiger partial charge in [0.25, 0.3) is 11.8 Å². The minimum atomic E-state index is -5.07. The fourth-order valence-corrected chi connectivity index (χ4v) is 8.20. The molecule has 13 heteroatoms. The van der Waals surface area contributed by atoms with Crippen molar-refractivity contribution in [2.24, 2.45) is 17.8 Å². The number of halogens is 5. The summed E-state index contributed by atoms with van der Waals surface area (Å²) in [6, 6.07) is 9.71. The van der Waals surface area contributed by atoms with Crippen LogP contribution in [0.3, 0.4) is 0 Å². The van der Waals surface area contributed by atoms with Gasteiger partial charge in [-0.05, 0) is 61.1 Å². The Balaban J connectivity index is 1.50. The van der Waals surface area contributed by atoms with Crippen molar-refractivity contribution in [3.8, 4) is 11.5 Å². The Kier molecular flexibility index (Phi) is 6.67. The summed E-state index contributed by atoms with van der Waals surface area (Å²) in [6.07, 6.45) is -2.92. The number of phenolic OH excluding ortho intramolecular Hbond substituents is 1. The zero-order valence-corrected chi connectivity index (χ0v) is 24.3. The van der Waals surface area contributed by atoms with E-state index < -0.39 is 74.9 Å². The lowest BCUT2D eigenvalue weighted by Crippen LogP contribution is -2.60. The molecule has 6 rings (SSSR count). The third kappa shape index (κ3) is 4.11. The van der Waals surface area contributed by atoms with Crippen molar-refractivity contribution in [1.82, 2.24) is 4.90 Å². The number of phenols is 1. The van der Waals surface area contributed by atoms with E-state index in [-0.39, 0.29) is 18.4 Å². The molecular formula is C30H25Cl2F3N2O6. The van der Waals surface area contributed by atoms with Crippen molar-refractivity contribution in [2.75, 3.05) is 11.9 Å². The molecule has 43 heavy (non-hydrogen) atoms. The summed E-state index contributed by atoms with van der Waals surface area (Å²) in [4.78, 5) is 52.2. The summed E-state index contributed by atoms with van der Waals surface area (Å²) < 4.78 is 43.4. The van der Waals surface area contributed by atoms with E-state index in [1.165, 1.54) is 7.05 Å². The number of ether oxygens (including phenoxy) is 1. The number of aryl methyl sites for hydroxylation is 1. The molecule has 2 aliphatic carbocycles. The number of rotatable bonds is 4. The number of hydrogen-bond donors (Lipinski definition) is 1. The Labute approximate surface area is 254 Å². The number of anilines is 1. The molecule has 2 aliphatic heterocycles. The van der Waals surface area contributed by atoms with E-state index in [1.54, 1.807) is 18.2 Å². The highest BCUT2D eigenvalue weighted by atomic mass is 35.5. The first-order valence-corrected chi connectivity index (χ1v) is 14.4. The second-order valence-electron chi connectivity index (χ2n) is 11.3. The van der Waals surface area contributed by atoms with E-state index in [0.29, 0.717) is 11.3 Å². The van der Waals surface area contributed by atoms with Gasteiger partial charge in [0.05, 0.1) is 17.5 Å². The van der Waals surface area contributed by atoms with Crippen molar-refractivity contribution < 1.29 is 42.2 Å². The Morgan fingerprint density at radius 2 is 1.67 bits per heavy atom. The van der Waals surface area contributed by atoms with Crippen LogP contribution in [-0.4, -0.2) is 56.8 Å². The summed E-state index contributed by atoms with van der Waals surface area (Å²) in [5.41, 5.74) is 1.47. The largest absolute Gasteiger partial charge is 0.573 e. The number of carbonyl (C=O) groups excluding carboxylic acids is 4. The molecule has 0 unspecified atom stereocenters. The molecule has 1 N–H and O–H groups in total. The first-order chi connectivity index (χ1) is 20.1. The third-order valence-electron chi connectivity index (χ3n) is 9.16. The maximum atomic E-state index is 14.0. The van der Waals surface area contributed by atoms with Crippen LogP contribution in [0.5, 0.6) is 11.5 Å². The molecule has 6 atom stereocenters. The highest BCUT2D eigenvalue weighted by Crippen LogP contribution is 2.66. The Morgan fingerprint density at radius 3 is 2.30 bits per heavy atom. The Bertz CT molecular complexity index is 1610. The maximum absolute atomic E-state index is 14.0. The number of nitrogens with zero attached hydrogens (tertiary/aromatic N) is 2. The molecule has 0 radical (unpaired) electrons. The van der Waals surface area contributed by atoms with Gasteiger partial charge in [0.1, 0.15) is 11.5 Å². The summed E-state index contributed by atoms with van der Waals surface area (Å²) in [5.74, 6) is -8.10. The van der Waals surface area contributed by atoms with Crippen LogP contribution >= 0.6 is 23.2 Å². The number of alkyl halides is 5. The highest BCUT2D eigenvalue weighted by Gasteiger charge is 2.76. The molecule has 2 aromatic carbocycles. The van der Waals surface area contributed by atoms with Gasteiger partial charge in [0, 0.05) is 18.5 Å². The van der Waals surface area contributed by atoms with E-state index in [4.69, 9.17) is 23.2 Å². The minimum Gasteiger partial charge on any atom is -0.508 e. The first kappa shape index (κ1) is 29.5. The molecule has 4 aliphatic rings. The Hall–Kier alpha value is -3.57. The number of amides is 4. The van der Waals surface area contributed by atoms with Crippen molar-refractivity contribution >= 4 is 52.5 Å². The molecule has 8 nitrogen and oxygen atoms in total. The molecule has 0 bridgehead atoms. The van der Waals surface area contributed by atoms with Gasteiger partial charge in [-0.15, -0.1) is 36.4 Å². The smallest absolute Gasteiger partial charge is 0.508 e. The van der Waals surface area contributed by atoms with Crippen LogP contribution in [0.4, 0.5) is 18.9 Å². The second-order valence-corrected chi connectivity index (χ2v) is 12.5. The van der Waals surface area contributed by atoms with Crippen molar-refractivity contribution in [1.29, 1.82) is 0 Å². The molecule has 2 heterocycles. The number of fused-ring (bicyclic) bond motifs is 4. The van der Waals surface area contributed by atoms with Gasteiger partial charge in [0.2, 0.25) is 11.8 Å². The Morgan fingerprint density at radius 1 is 1.00 bits per heavy atom. The van der Waals surface area contributed by atoms with Gasteiger partial charge in [-0.2, -0.15) is 0 Å². The standard InChI is InChI=1S/C30H25Cl2F3N2O6/c1-3-14-4-6-15(7-5-14)37-24(39)18-10-9-17-20(22(18)25(37)40)13-28(31)26(41)36(2)27(42)29(28,32)23(17)19-12-16(8-11-21(19)38)43-30(33,34)35/h4-9,11-12,18,20,22-23,38H,3,10,13H2,1-2H3/t18-,20+,22-,23+,28+,29-/m0/s1. The average molecular weight is 637 g/mol. The summed E-state index contributed by atoms with van der Waals surface area (Å²) in [6.45, 7) is 1.97. The van der Waals surface area contributed by atoms with Crippen LogP contribution < -0.4 is 9.64 Å². The molecule has 1 saturated carbocycles. The lowest BCUT2D eigenvalue weighted by Gasteiger charge is -2.50. The lowest BCUT2D eigenvalue weighted by molar-refractivity contribution is -0.274. The SMILES string of the molecule is CCc1ccc(N2C(=O)[C@H]3[C@H](CC=C4[C@H]3C[C@@]3(Cl)C(=O)N(C)C(=O)[C@@]3(Cl)[C@H]4c3cc(OC(F)(F)F)ccc3O)C2=O)cc1. The lowest BCUT2D eigenvalue weighted by atomic mass is 9.56. The molecule has 4 amide bonds. The van der Waals surface area contributed by atoms with Crippen LogP contribution in [0.2, 0.25) is 0 Å². The number of carbonyl (C=O) groups is 4. The fraction of sp³-hybridized carbons (Fsp3) is 0.400. The van der Waals surface area contributed by atoms with Crippen molar-refractivity contribution in [2.45, 2.75) is 48.2 Å². The van der Waals surface area contributed by atoms with E-state index in [1.807, 2.05) is 19.1 Å². The predicted octanol–water partition coefficient (Wildman–Crippen LogP) is 5.05. The number of allylic oxidation sites excluding steroid dienone is 2. The van der Waals surface area contributed by atoms with E-state index in [2.05, 4.69) is 4.74 Å². The summed E-state index contributed by atoms with van der Waals surface area (Å²) in [7, 11) is 1.18. The molecule has 2 saturated heterocycles. The maximum Gasteiger partial charge on any atom is 0.573 e. The summed E-state index contributed by atoms with van der Waals surface area (Å²) in [5, 5.41) is 10.9. The first-order valence-electron chi connectivity index (χ1n) is 13.6. The zero-order valence-electron chi connectivity index (χ0n) is 22.8. The van der Waals surface area contributed by atoms with Crippen LogP contribution in [0.25, 0.3) is 0 Å². The van der Waals surface area contributed by atoms with E-state index in [9.17, 15) is 37.5 Å². The number of benzene rings is 2.